The molecule has 0 aromatic heterocycles. The van der Waals surface area contributed by atoms with Crippen molar-refractivity contribution in [3.8, 4) is 0 Å². The lowest BCUT2D eigenvalue weighted by Crippen LogP contribution is -2.05. The molecule has 21 heavy (non-hydrogen) atoms. The van der Waals surface area contributed by atoms with Crippen molar-refractivity contribution < 1.29 is 9.53 Å². The molecule has 0 spiro atoms. The van der Waals surface area contributed by atoms with Crippen LogP contribution in [0.5, 0.6) is 0 Å². The van der Waals surface area contributed by atoms with Crippen molar-refractivity contribution in [1.82, 2.24) is 0 Å². The minimum Gasteiger partial charge on any atom is -0.458 e. The predicted octanol–water partition coefficient (Wildman–Crippen LogP) is 4.35. The Hall–Kier alpha value is -2.61. The zero-order chi connectivity index (χ0) is 14.9. The van der Waals surface area contributed by atoms with Crippen LogP contribution in [-0.4, -0.2) is 12.6 Å². The molecule has 0 bridgehead atoms. The largest absolute Gasteiger partial charge is 0.458 e. The number of hydrogen-bond donors (Lipinski definition) is 0. The van der Waals surface area contributed by atoms with E-state index in [0.29, 0.717) is 5.57 Å². The van der Waals surface area contributed by atoms with E-state index in [1.165, 1.54) is 0 Å². The van der Waals surface area contributed by atoms with E-state index in [9.17, 15) is 4.79 Å². The van der Waals surface area contributed by atoms with Crippen molar-refractivity contribution in [1.29, 1.82) is 0 Å². The summed E-state index contributed by atoms with van der Waals surface area (Å²) in [4.78, 5) is 11.8. The molecule has 0 atom stereocenters. The molecule has 0 aliphatic heterocycles. The van der Waals surface area contributed by atoms with Crippen LogP contribution in [0, 0.1) is 0 Å². The minimum absolute atomic E-state index is 0.272. The molecule has 106 valence electrons. The molecular formula is C19H18O2. The maximum Gasteiger partial charge on any atom is 0.334 e. The van der Waals surface area contributed by atoms with Crippen LogP contribution < -0.4 is 0 Å². The fourth-order valence-electron chi connectivity index (χ4n) is 1.84. The molecule has 2 aromatic carbocycles. The number of hydrogen-bond acceptors (Lipinski definition) is 2. The molecule has 0 saturated heterocycles. The Labute approximate surface area is 125 Å². The highest BCUT2D eigenvalue weighted by Crippen LogP contribution is 2.07. The number of esters is 1. The molecule has 0 aliphatic carbocycles. The Bertz CT molecular complexity index is 625. The normalized spacial score (nSPS) is 11.6. The van der Waals surface area contributed by atoms with Gasteiger partial charge in [0.15, 0.2) is 0 Å². The third kappa shape index (κ3) is 5.11. The van der Waals surface area contributed by atoms with Crippen molar-refractivity contribution in [3.63, 3.8) is 0 Å². The van der Waals surface area contributed by atoms with Crippen LogP contribution in [0.25, 0.3) is 12.2 Å². The van der Waals surface area contributed by atoms with Crippen molar-refractivity contribution in [2.24, 2.45) is 0 Å². The first kappa shape index (κ1) is 14.8. The first-order valence-electron chi connectivity index (χ1n) is 6.88. The lowest BCUT2D eigenvalue weighted by Gasteiger charge is -2.02. The number of ether oxygens (including phenoxy) is 1. The van der Waals surface area contributed by atoms with Gasteiger partial charge in [0.2, 0.25) is 0 Å². The minimum atomic E-state index is -0.295. The maximum absolute atomic E-state index is 11.8. The average molecular weight is 278 g/mol. The molecule has 2 rings (SSSR count). The van der Waals surface area contributed by atoms with Crippen molar-refractivity contribution in [2.45, 2.75) is 6.92 Å². The van der Waals surface area contributed by atoms with Crippen molar-refractivity contribution in [3.05, 3.63) is 83.4 Å². The summed E-state index contributed by atoms with van der Waals surface area (Å²) >= 11 is 0. The number of rotatable bonds is 5. The van der Waals surface area contributed by atoms with Crippen LogP contribution in [0.4, 0.5) is 0 Å². The monoisotopic (exact) mass is 278 g/mol. The first-order chi connectivity index (χ1) is 10.3. The first-order valence-corrected chi connectivity index (χ1v) is 6.88. The van der Waals surface area contributed by atoms with E-state index in [1.807, 2.05) is 78.9 Å². The molecule has 2 nitrogen and oxygen atoms in total. The summed E-state index contributed by atoms with van der Waals surface area (Å²) in [7, 11) is 0. The fraction of sp³-hybridized carbons (Fsp3) is 0.105. The summed E-state index contributed by atoms with van der Waals surface area (Å²) in [6.45, 7) is 2.03. The highest BCUT2D eigenvalue weighted by Gasteiger charge is 2.04. The average Bonchev–Trinajstić information content (AvgIpc) is 2.53. The molecule has 0 radical (unpaired) electrons. The third-order valence-corrected chi connectivity index (χ3v) is 2.93. The Kier molecular flexibility index (Phi) is 5.53. The molecule has 0 aliphatic rings. The lowest BCUT2D eigenvalue weighted by molar-refractivity contribution is -0.137. The van der Waals surface area contributed by atoms with E-state index >= 15 is 0 Å². The van der Waals surface area contributed by atoms with Gasteiger partial charge in [-0.15, -0.1) is 0 Å². The van der Waals surface area contributed by atoms with Crippen LogP contribution in [0.2, 0.25) is 0 Å². The van der Waals surface area contributed by atoms with Gasteiger partial charge >= 0.3 is 5.97 Å². The van der Waals surface area contributed by atoms with Crippen LogP contribution in [-0.2, 0) is 9.53 Å². The quantitative estimate of drug-likeness (QED) is 0.600. The van der Waals surface area contributed by atoms with Gasteiger partial charge in [0.05, 0.1) is 0 Å². The molecule has 0 saturated carbocycles. The van der Waals surface area contributed by atoms with E-state index in [2.05, 4.69) is 0 Å². The molecule has 2 heteroatoms. The third-order valence-electron chi connectivity index (χ3n) is 2.93. The highest BCUT2D eigenvalue weighted by molar-refractivity contribution is 5.93. The maximum atomic E-state index is 11.8. The van der Waals surface area contributed by atoms with Gasteiger partial charge in [-0.2, -0.15) is 0 Å². The van der Waals surface area contributed by atoms with Crippen molar-refractivity contribution >= 4 is 18.1 Å². The highest BCUT2D eigenvalue weighted by atomic mass is 16.5. The molecule has 0 heterocycles. The summed E-state index contributed by atoms with van der Waals surface area (Å²) in [6, 6.07) is 19.6. The molecular weight excluding hydrogens is 260 g/mol. The lowest BCUT2D eigenvalue weighted by atomic mass is 10.1. The topological polar surface area (TPSA) is 26.3 Å². The Morgan fingerprint density at radius 2 is 1.52 bits per heavy atom. The molecule has 0 fully saturated rings. The van der Waals surface area contributed by atoms with Crippen LogP contribution in [0.15, 0.2) is 72.3 Å². The zero-order valence-corrected chi connectivity index (χ0v) is 12.0. The number of carbonyl (C=O) groups excluding carboxylic acids is 1. The van der Waals surface area contributed by atoms with Gasteiger partial charge in [-0.3, -0.25) is 0 Å². The second-order valence-corrected chi connectivity index (χ2v) is 4.65. The van der Waals surface area contributed by atoms with E-state index < -0.39 is 0 Å². The van der Waals surface area contributed by atoms with E-state index in [1.54, 1.807) is 6.92 Å². The van der Waals surface area contributed by atoms with Crippen LogP contribution in [0.3, 0.4) is 0 Å². The summed E-state index contributed by atoms with van der Waals surface area (Å²) in [5, 5.41) is 0. The second kappa shape index (κ2) is 7.85. The number of benzene rings is 2. The summed E-state index contributed by atoms with van der Waals surface area (Å²) < 4.78 is 5.20. The van der Waals surface area contributed by atoms with Crippen LogP contribution in [0.1, 0.15) is 18.1 Å². The zero-order valence-electron chi connectivity index (χ0n) is 12.0. The van der Waals surface area contributed by atoms with Gasteiger partial charge in [0, 0.05) is 5.57 Å². The summed E-state index contributed by atoms with van der Waals surface area (Å²) in [5.74, 6) is -0.295. The van der Waals surface area contributed by atoms with Crippen molar-refractivity contribution in [2.75, 3.05) is 6.61 Å². The fourth-order valence-corrected chi connectivity index (χ4v) is 1.84. The van der Waals surface area contributed by atoms with Gasteiger partial charge in [-0.05, 0) is 30.2 Å². The smallest absolute Gasteiger partial charge is 0.334 e. The van der Waals surface area contributed by atoms with Gasteiger partial charge < -0.3 is 4.74 Å². The predicted molar refractivity (Wildman–Crippen MR) is 86.5 cm³/mol. The molecule has 0 unspecified atom stereocenters. The Morgan fingerprint density at radius 1 is 0.952 bits per heavy atom. The van der Waals surface area contributed by atoms with E-state index in [4.69, 9.17) is 4.74 Å². The molecule has 0 amide bonds. The summed E-state index contributed by atoms with van der Waals surface area (Å²) in [6.07, 6.45) is 5.59. The molecule has 0 N–H and O–H groups in total. The van der Waals surface area contributed by atoms with Gasteiger partial charge in [0.1, 0.15) is 6.61 Å². The SMILES string of the molecule is C/C(=C\c1ccccc1)C(=O)OC/C=C/c1ccccc1. The standard InChI is InChI=1S/C19H18O2/c1-16(15-18-11-6-3-7-12-18)19(20)21-14-8-13-17-9-4-2-5-10-17/h2-13,15H,14H2,1H3/b13-8+,16-15+. The summed E-state index contributed by atoms with van der Waals surface area (Å²) in [5.41, 5.74) is 2.67. The van der Waals surface area contributed by atoms with E-state index in [-0.39, 0.29) is 12.6 Å². The Morgan fingerprint density at radius 3 is 2.14 bits per heavy atom. The number of carbonyl (C=O) groups is 1. The molecule has 2 aromatic rings. The van der Waals surface area contributed by atoms with Crippen LogP contribution >= 0.6 is 0 Å². The van der Waals surface area contributed by atoms with Gasteiger partial charge in [-0.1, -0.05) is 66.7 Å². The van der Waals surface area contributed by atoms with Gasteiger partial charge in [0.25, 0.3) is 0 Å². The van der Waals surface area contributed by atoms with Gasteiger partial charge in [-0.25, -0.2) is 4.79 Å². The second-order valence-electron chi connectivity index (χ2n) is 4.65. The van der Waals surface area contributed by atoms with E-state index in [0.717, 1.165) is 11.1 Å². The Balaban J connectivity index is 1.84.